The van der Waals surface area contributed by atoms with Crippen molar-refractivity contribution in [2.75, 3.05) is 11.9 Å². The quantitative estimate of drug-likeness (QED) is 0.641. The van der Waals surface area contributed by atoms with Gasteiger partial charge in [0.05, 0.1) is 0 Å². The van der Waals surface area contributed by atoms with Crippen LogP contribution in [-0.2, 0) is 0 Å². The van der Waals surface area contributed by atoms with Gasteiger partial charge in [-0.05, 0) is 59.1 Å². The molecule has 0 amide bonds. The molecule has 2 aromatic rings. The van der Waals surface area contributed by atoms with Gasteiger partial charge in [-0.2, -0.15) is 0 Å². The van der Waals surface area contributed by atoms with E-state index in [-0.39, 0.29) is 0 Å². The van der Waals surface area contributed by atoms with Gasteiger partial charge in [0.25, 0.3) is 0 Å². The third kappa shape index (κ3) is 6.90. The highest BCUT2D eigenvalue weighted by Crippen LogP contribution is 2.21. The lowest BCUT2D eigenvalue weighted by molar-refractivity contribution is 0.833. The first kappa shape index (κ1) is 19.3. The number of unbranched alkanes of at least 4 members (excludes halogenated alkanes) is 1. The fraction of sp³-hybridized carbons (Fsp3) is 0.455. The third-order valence-electron chi connectivity index (χ3n) is 3.88. The largest absolute Gasteiger partial charge is 0.385 e. The first-order valence-corrected chi connectivity index (χ1v) is 8.70. The molecule has 23 heavy (non-hydrogen) atoms. The summed E-state index contributed by atoms with van der Waals surface area (Å²) in [5, 5.41) is 3.51. The lowest BCUT2D eigenvalue weighted by atomic mass is 10.1. The monoisotopic (exact) mass is 311 g/mol. The summed E-state index contributed by atoms with van der Waals surface area (Å²) in [6.45, 7) is 16.2. The summed E-state index contributed by atoms with van der Waals surface area (Å²) in [7, 11) is 0. The van der Waals surface area contributed by atoms with Crippen LogP contribution in [-0.4, -0.2) is 6.54 Å². The van der Waals surface area contributed by atoms with Crippen LogP contribution in [0.3, 0.4) is 0 Å². The number of nitrogens with one attached hydrogen (secondary N) is 1. The maximum Gasteiger partial charge on any atom is 0.0399 e. The topological polar surface area (TPSA) is 12.0 Å². The average Bonchev–Trinajstić information content (AvgIpc) is 2.40. The van der Waals surface area contributed by atoms with Crippen molar-refractivity contribution in [1.29, 1.82) is 0 Å². The summed E-state index contributed by atoms with van der Waals surface area (Å²) in [6.07, 6.45) is 2.49. The summed E-state index contributed by atoms with van der Waals surface area (Å²) in [4.78, 5) is 0. The van der Waals surface area contributed by atoms with Gasteiger partial charge in [0, 0.05) is 12.2 Å². The van der Waals surface area contributed by atoms with E-state index in [0.717, 1.165) is 6.54 Å². The van der Waals surface area contributed by atoms with Crippen LogP contribution in [0.1, 0.15) is 53.1 Å². The molecule has 1 nitrogen and oxygen atoms in total. The Morgan fingerprint density at radius 1 is 0.652 bits per heavy atom. The standard InChI is InChI=1S/C13H21N.C9H12/c1-5-6-7-14-13-11(3)8-10(2)9-12(13)4;1-7-4-8(2)6-9(3)5-7/h8-9,14H,5-7H2,1-4H3;4-6H,1-3H3. The van der Waals surface area contributed by atoms with E-state index >= 15 is 0 Å². The van der Waals surface area contributed by atoms with Crippen molar-refractivity contribution in [3.05, 3.63) is 63.7 Å². The number of hydrogen-bond acceptors (Lipinski definition) is 1. The number of aryl methyl sites for hydroxylation is 6. The van der Waals surface area contributed by atoms with Crippen molar-refractivity contribution < 1.29 is 0 Å². The molecule has 0 spiro atoms. The van der Waals surface area contributed by atoms with E-state index in [0.29, 0.717) is 0 Å². The Bertz CT molecular complexity index is 552. The Morgan fingerprint density at radius 3 is 1.43 bits per heavy atom. The predicted molar refractivity (Wildman–Crippen MR) is 105 cm³/mol. The highest BCUT2D eigenvalue weighted by Gasteiger charge is 2.01. The van der Waals surface area contributed by atoms with Gasteiger partial charge in [-0.3, -0.25) is 0 Å². The summed E-state index contributed by atoms with van der Waals surface area (Å²) >= 11 is 0. The van der Waals surface area contributed by atoms with Crippen molar-refractivity contribution in [3.63, 3.8) is 0 Å². The van der Waals surface area contributed by atoms with Crippen molar-refractivity contribution in [2.45, 2.75) is 61.3 Å². The lowest BCUT2D eigenvalue weighted by Gasteiger charge is -2.13. The minimum Gasteiger partial charge on any atom is -0.385 e. The van der Waals surface area contributed by atoms with Crippen molar-refractivity contribution >= 4 is 5.69 Å². The van der Waals surface area contributed by atoms with Crippen LogP contribution in [0, 0.1) is 41.5 Å². The number of benzene rings is 2. The van der Waals surface area contributed by atoms with Gasteiger partial charge >= 0.3 is 0 Å². The molecule has 0 bridgehead atoms. The van der Waals surface area contributed by atoms with E-state index in [1.165, 1.54) is 51.9 Å². The van der Waals surface area contributed by atoms with E-state index in [9.17, 15) is 0 Å². The Kier molecular flexibility index (Phi) is 7.88. The molecule has 0 unspecified atom stereocenters. The zero-order valence-electron chi connectivity index (χ0n) is 16.0. The molecule has 0 aliphatic rings. The van der Waals surface area contributed by atoms with Gasteiger partial charge in [-0.25, -0.2) is 0 Å². The second kappa shape index (κ2) is 9.39. The number of hydrogen-bond donors (Lipinski definition) is 1. The van der Waals surface area contributed by atoms with E-state index in [1.54, 1.807) is 0 Å². The van der Waals surface area contributed by atoms with Crippen LogP contribution in [0.25, 0.3) is 0 Å². The van der Waals surface area contributed by atoms with Gasteiger partial charge in [0.1, 0.15) is 0 Å². The highest BCUT2D eigenvalue weighted by atomic mass is 14.9. The molecular formula is C22H33N. The molecule has 0 aromatic heterocycles. The molecule has 0 aliphatic heterocycles. The summed E-state index contributed by atoms with van der Waals surface area (Å²) in [5.74, 6) is 0. The fourth-order valence-corrected chi connectivity index (χ4v) is 3.05. The fourth-order valence-electron chi connectivity index (χ4n) is 3.05. The van der Waals surface area contributed by atoms with Gasteiger partial charge in [0.15, 0.2) is 0 Å². The zero-order chi connectivity index (χ0) is 17.4. The lowest BCUT2D eigenvalue weighted by Crippen LogP contribution is -2.04. The summed E-state index contributed by atoms with van der Waals surface area (Å²) in [5.41, 5.74) is 9.45. The van der Waals surface area contributed by atoms with Crippen molar-refractivity contribution in [2.24, 2.45) is 0 Å². The molecule has 1 heteroatoms. The van der Waals surface area contributed by atoms with Crippen LogP contribution < -0.4 is 5.32 Å². The van der Waals surface area contributed by atoms with Crippen LogP contribution in [0.4, 0.5) is 5.69 Å². The number of anilines is 1. The van der Waals surface area contributed by atoms with Crippen molar-refractivity contribution in [3.8, 4) is 0 Å². The van der Waals surface area contributed by atoms with E-state index in [4.69, 9.17) is 0 Å². The van der Waals surface area contributed by atoms with Crippen LogP contribution in [0.15, 0.2) is 30.3 Å². The summed E-state index contributed by atoms with van der Waals surface area (Å²) in [6, 6.07) is 11.0. The normalized spacial score (nSPS) is 10.0. The molecule has 0 atom stereocenters. The molecule has 2 rings (SSSR count). The predicted octanol–water partition coefficient (Wildman–Crippen LogP) is 6.44. The molecule has 2 aromatic carbocycles. The van der Waals surface area contributed by atoms with Gasteiger partial charge < -0.3 is 5.32 Å². The molecular weight excluding hydrogens is 278 g/mol. The molecule has 0 saturated heterocycles. The van der Waals surface area contributed by atoms with E-state index in [1.807, 2.05) is 0 Å². The zero-order valence-corrected chi connectivity index (χ0v) is 16.0. The smallest absolute Gasteiger partial charge is 0.0399 e. The second-order valence-electron chi connectivity index (χ2n) is 6.72. The first-order chi connectivity index (χ1) is 10.8. The molecule has 0 fully saturated rings. The Labute approximate surface area is 143 Å². The van der Waals surface area contributed by atoms with Gasteiger partial charge in [0.2, 0.25) is 0 Å². The molecule has 126 valence electrons. The number of rotatable bonds is 4. The SMILES string of the molecule is CCCCNc1c(C)cc(C)cc1C.Cc1cc(C)cc(C)c1. The minimum atomic E-state index is 1.08. The first-order valence-electron chi connectivity index (χ1n) is 8.70. The van der Waals surface area contributed by atoms with Crippen LogP contribution in [0.2, 0.25) is 0 Å². The van der Waals surface area contributed by atoms with E-state index in [2.05, 4.69) is 84.1 Å². The molecule has 0 saturated carbocycles. The van der Waals surface area contributed by atoms with Crippen LogP contribution in [0.5, 0.6) is 0 Å². The maximum atomic E-state index is 3.51. The third-order valence-corrected chi connectivity index (χ3v) is 3.88. The van der Waals surface area contributed by atoms with E-state index < -0.39 is 0 Å². The van der Waals surface area contributed by atoms with Crippen LogP contribution >= 0.6 is 0 Å². The molecule has 1 N–H and O–H groups in total. The Hall–Kier alpha value is -1.76. The van der Waals surface area contributed by atoms with Gasteiger partial charge in [-0.1, -0.05) is 65.9 Å². The summed E-state index contributed by atoms with van der Waals surface area (Å²) < 4.78 is 0. The molecule has 0 radical (unpaired) electrons. The Balaban J connectivity index is 0.000000253. The molecule has 0 heterocycles. The average molecular weight is 312 g/mol. The highest BCUT2D eigenvalue weighted by molar-refractivity contribution is 5.58. The molecule has 0 aliphatic carbocycles. The Morgan fingerprint density at radius 2 is 1.04 bits per heavy atom. The van der Waals surface area contributed by atoms with Crippen molar-refractivity contribution in [1.82, 2.24) is 0 Å². The minimum absolute atomic E-state index is 1.08. The second-order valence-corrected chi connectivity index (χ2v) is 6.72. The maximum absolute atomic E-state index is 3.51. The van der Waals surface area contributed by atoms with Gasteiger partial charge in [-0.15, -0.1) is 0 Å².